The van der Waals surface area contributed by atoms with Crippen molar-refractivity contribution in [3.05, 3.63) is 135 Å². The average molecular weight is 1470 g/mol. The summed E-state index contributed by atoms with van der Waals surface area (Å²) in [4.78, 5) is 116. The predicted octanol–water partition coefficient (Wildman–Crippen LogP) is 19.8. The van der Waals surface area contributed by atoms with Crippen molar-refractivity contribution in [3.8, 4) is 0 Å². The molecule has 0 aliphatic rings. The summed E-state index contributed by atoms with van der Waals surface area (Å²) in [6.45, 7) is 55.3. The molecule has 0 amide bonds. The number of aromatic nitrogens is 10. The number of furan rings is 1. The van der Waals surface area contributed by atoms with Crippen molar-refractivity contribution in [3.63, 3.8) is 0 Å². The fourth-order valence-electron chi connectivity index (χ4n) is 8.54. The molecule has 8 rings (SSSR count). The molecule has 21 nitrogen and oxygen atoms in total. The van der Waals surface area contributed by atoms with Gasteiger partial charge >= 0.3 is 0 Å². The second-order valence-electron chi connectivity index (χ2n) is 29.1. The zero-order valence-corrected chi connectivity index (χ0v) is 69.2. The maximum absolute atomic E-state index is 11.6. The quantitative estimate of drug-likeness (QED) is 0.0508. The molecule has 0 unspecified atom stereocenters. The molecule has 0 N–H and O–H groups in total. The largest absolute Gasteiger partial charge is 0.458 e. The van der Waals surface area contributed by atoms with Gasteiger partial charge in [0.15, 0.2) is 56.3 Å². The third kappa shape index (κ3) is 35.9. The van der Waals surface area contributed by atoms with E-state index in [1.807, 2.05) is 189 Å². The third-order valence-electron chi connectivity index (χ3n) is 14.5. The van der Waals surface area contributed by atoms with E-state index in [2.05, 4.69) is 67.2 Å². The van der Waals surface area contributed by atoms with Gasteiger partial charge in [-0.2, -0.15) is 14.5 Å². The maximum Gasteiger partial charge on any atom is 0.293 e. The van der Waals surface area contributed by atoms with Crippen LogP contribution in [0.5, 0.6) is 0 Å². The molecule has 0 saturated heterocycles. The molecule has 0 aliphatic heterocycles. The average Bonchev–Trinajstić information content (AvgIpc) is 1.76. The summed E-state index contributed by atoms with van der Waals surface area (Å²) in [5.74, 6) is 8.50. The van der Waals surface area contributed by atoms with Crippen molar-refractivity contribution in [2.24, 2.45) is 61.4 Å². The number of nitrogens with zero attached hydrogens (tertiary/aromatic N) is 10. The van der Waals surface area contributed by atoms with E-state index >= 15 is 0 Å². The second kappa shape index (κ2) is 45.4. The molecule has 0 radical (unpaired) electrons. The van der Waals surface area contributed by atoms with Crippen molar-refractivity contribution in [2.75, 3.05) is 0 Å². The van der Waals surface area contributed by atoms with Gasteiger partial charge in [-0.3, -0.25) is 43.0 Å². The molecule has 102 heavy (non-hydrogen) atoms. The Morgan fingerprint density at radius 3 is 1.24 bits per heavy atom. The van der Waals surface area contributed by atoms with Gasteiger partial charge in [-0.05, 0) is 171 Å². The number of ketones is 8. The Balaban J connectivity index is 0.000000583. The first-order chi connectivity index (χ1) is 47.2. The topological polar surface area (TPSA) is 289 Å². The lowest BCUT2D eigenvalue weighted by Crippen LogP contribution is -2.05. The monoisotopic (exact) mass is 1470 g/mol. The second-order valence-corrected chi connectivity index (χ2v) is 32.3. The van der Waals surface area contributed by atoms with Crippen molar-refractivity contribution in [1.82, 2.24) is 48.8 Å². The van der Waals surface area contributed by atoms with E-state index in [1.54, 1.807) is 36.1 Å². The van der Waals surface area contributed by atoms with Gasteiger partial charge in [0.1, 0.15) is 34.6 Å². The number of aryl methyl sites for hydroxylation is 14. The maximum atomic E-state index is 11.6. The lowest BCUT2D eigenvalue weighted by molar-refractivity contribution is 0.0919. The molecular weight excluding hydrogens is 1350 g/mol. The molecule has 8 aromatic rings. The highest BCUT2D eigenvalue weighted by atomic mass is 32.1. The van der Waals surface area contributed by atoms with E-state index in [9.17, 15) is 38.4 Å². The zero-order valence-electron chi connectivity index (χ0n) is 66.8. The molecule has 0 spiro atoms. The van der Waals surface area contributed by atoms with Gasteiger partial charge in [-0.1, -0.05) is 116 Å². The summed E-state index contributed by atoms with van der Waals surface area (Å²) < 4.78 is 22.8. The highest BCUT2D eigenvalue weighted by molar-refractivity contribution is 7.14. The normalized spacial score (nSPS) is 10.8. The van der Waals surface area contributed by atoms with Gasteiger partial charge in [0.05, 0.1) is 16.3 Å². The first-order valence-electron chi connectivity index (χ1n) is 35.1. The Morgan fingerprint density at radius 2 is 0.873 bits per heavy atom. The van der Waals surface area contributed by atoms with Gasteiger partial charge in [-0.25, -0.2) is 19.9 Å². The van der Waals surface area contributed by atoms with Gasteiger partial charge in [-0.15, -0.1) is 22.7 Å². The molecule has 0 atom stereocenters. The standard InChI is InChI=1S/C11H16O2.C11H16OS.2C10H16N2O.C10H15NO2.C10H15NOS.C8H12N2O2.C8H12N2OS/c2*1-7(2)5-10(12)11-6-8(3)9(4)13-11;1-7(2)5-10(13)9-6-12(4)8(3)11-9;1-7(2)5-10(13)9-6-8(3)12(4)11-9;2*1-6(2)5-9(12)10-11-7(3)8(4)13-10;2*1-5(2)4-7(11)8-9-6(3)10-12-8/h4*6-7H,5H2,1-4H3;2*6H,5H2,1-4H3;2*5H,4H2,1-3H3. The highest BCUT2D eigenvalue weighted by Gasteiger charge is 2.20. The van der Waals surface area contributed by atoms with Crippen LogP contribution < -0.4 is 0 Å². The number of hydrogen-bond acceptors (Lipinski definition) is 22. The van der Waals surface area contributed by atoms with E-state index < -0.39 is 0 Å². The van der Waals surface area contributed by atoms with Crippen LogP contribution in [-0.4, -0.2) is 95.1 Å². The SMILES string of the molecule is Cc1cc(C(=O)CC(C)C)nn1C.Cc1cc(C(=O)CC(C)C)oc1C.Cc1cc(C(=O)CC(C)C)sc1C.Cc1nc(C(=O)CC(C)C)cn1C.Cc1nc(C(=O)CC(C)C)oc1C.Cc1nc(C(=O)CC(C)C)sc1C.Cc1noc(C(=O)CC(C)C)n1.Cc1nsc(C(=O)CC(C)C)n1. The number of carbonyl (C=O) groups is 8. The van der Waals surface area contributed by atoms with Crippen LogP contribution in [0.1, 0.15) is 311 Å². The van der Waals surface area contributed by atoms with Crippen molar-refractivity contribution < 1.29 is 51.7 Å². The van der Waals surface area contributed by atoms with E-state index in [-0.39, 0.29) is 58.0 Å². The third-order valence-corrected chi connectivity index (χ3v) is 17.6. The zero-order chi connectivity index (χ0) is 78.3. The van der Waals surface area contributed by atoms with E-state index in [1.165, 1.54) is 33.3 Å². The van der Waals surface area contributed by atoms with E-state index in [0.717, 1.165) is 49.7 Å². The number of imidazole rings is 1. The molecule has 0 fully saturated rings. The molecule has 8 aromatic heterocycles. The van der Waals surface area contributed by atoms with Crippen LogP contribution >= 0.6 is 34.2 Å². The Morgan fingerprint density at radius 1 is 0.412 bits per heavy atom. The number of oxazole rings is 1. The van der Waals surface area contributed by atoms with E-state index in [0.29, 0.717) is 138 Å². The molecule has 8 heterocycles. The van der Waals surface area contributed by atoms with Gasteiger partial charge in [0, 0.05) is 87.1 Å². The number of thiophene rings is 1. The minimum Gasteiger partial charge on any atom is -0.458 e. The lowest BCUT2D eigenvalue weighted by Gasteiger charge is -2.00. The lowest BCUT2D eigenvalue weighted by atomic mass is 10.1. The fourth-order valence-corrected chi connectivity index (χ4v) is 11.0. The van der Waals surface area contributed by atoms with Crippen LogP contribution in [-0.2, 0) is 14.1 Å². The molecular formula is C78H118N10O11S3. The van der Waals surface area contributed by atoms with Crippen LogP contribution in [0.4, 0.5) is 0 Å². The summed E-state index contributed by atoms with van der Waals surface area (Å²) in [5, 5.41) is 8.88. The van der Waals surface area contributed by atoms with Crippen LogP contribution in [0.25, 0.3) is 0 Å². The van der Waals surface area contributed by atoms with Crippen LogP contribution in [0.3, 0.4) is 0 Å². The number of hydrogen-bond donors (Lipinski definition) is 0. The van der Waals surface area contributed by atoms with Crippen LogP contribution in [0.15, 0.2) is 37.8 Å². The summed E-state index contributed by atoms with van der Waals surface area (Å²) in [7, 11) is 3.75. The summed E-state index contributed by atoms with van der Waals surface area (Å²) >= 11 is 4.31. The summed E-state index contributed by atoms with van der Waals surface area (Å²) in [5.41, 5.74) is 6.27. The highest BCUT2D eigenvalue weighted by Crippen LogP contribution is 2.24. The molecule has 0 aromatic carbocycles. The number of carbonyl (C=O) groups excluding carboxylic acids is 8. The molecule has 24 heteroatoms. The van der Waals surface area contributed by atoms with Crippen LogP contribution in [0.2, 0.25) is 0 Å². The Kier molecular flexibility index (Phi) is 41.1. The van der Waals surface area contributed by atoms with E-state index in [4.69, 9.17) is 13.4 Å². The molecule has 564 valence electrons. The Labute approximate surface area is 619 Å². The van der Waals surface area contributed by atoms with Crippen molar-refractivity contribution in [2.45, 2.75) is 245 Å². The number of rotatable bonds is 24. The predicted molar refractivity (Wildman–Crippen MR) is 409 cm³/mol. The van der Waals surface area contributed by atoms with Crippen LogP contribution in [0, 0.1) is 130 Å². The molecule has 0 bridgehead atoms. The molecule has 0 aliphatic carbocycles. The molecule has 0 saturated carbocycles. The Bertz CT molecular complexity index is 3270. The number of Topliss-reactive ketones (excluding diaryl/α,β-unsaturated/α-hetero) is 8. The van der Waals surface area contributed by atoms with Gasteiger partial charge in [0.25, 0.3) is 11.8 Å². The first-order valence-corrected chi connectivity index (χ1v) is 37.5. The van der Waals surface area contributed by atoms with Crippen molar-refractivity contribution >= 4 is 80.5 Å². The summed E-state index contributed by atoms with van der Waals surface area (Å²) in [6.07, 6.45) is 6.31. The fraction of sp³-hybridized carbons (Fsp3) is 0.590. The first kappa shape index (κ1) is 92.3. The Hall–Kier alpha value is -7.70. The van der Waals surface area contributed by atoms with Crippen molar-refractivity contribution in [1.29, 1.82) is 0 Å². The van der Waals surface area contributed by atoms with Gasteiger partial charge < -0.3 is 17.9 Å². The summed E-state index contributed by atoms with van der Waals surface area (Å²) in [6, 6.07) is 5.66. The minimum absolute atomic E-state index is 0.00815. The minimum atomic E-state index is -0.0781. The smallest absolute Gasteiger partial charge is 0.293 e. The van der Waals surface area contributed by atoms with Gasteiger partial charge in [0.2, 0.25) is 11.6 Å². The number of thiazole rings is 1.